The van der Waals surface area contributed by atoms with Crippen molar-refractivity contribution in [1.82, 2.24) is 24.4 Å². The minimum absolute atomic E-state index is 0.00866. The van der Waals surface area contributed by atoms with E-state index in [2.05, 4.69) is 36.9 Å². The summed E-state index contributed by atoms with van der Waals surface area (Å²) in [6.07, 6.45) is 7.35. The number of anilines is 1. The van der Waals surface area contributed by atoms with Crippen molar-refractivity contribution in [3.63, 3.8) is 0 Å². The number of pyridine rings is 2. The van der Waals surface area contributed by atoms with E-state index in [9.17, 15) is 9.18 Å². The van der Waals surface area contributed by atoms with Crippen LogP contribution in [0.25, 0.3) is 22.0 Å². The molecule has 34 heavy (non-hydrogen) atoms. The lowest BCUT2D eigenvalue weighted by Gasteiger charge is -2.35. The van der Waals surface area contributed by atoms with Crippen molar-refractivity contribution >= 4 is 22.4 Å². The second-order valence-corrected chi connectivity index (χ2v) is 8.65. The minimum Gasteiger partial charge on any atom is -0.354 e. The van der Waals surface area contributed by atoms with E-state index in [-0.39, 0.29) is 18.9 Å². The van der Waals surface area contributed by atoms with Gasteiger partial charge in [-0.1, -0.05) is 12.1 Å². The van der Waals surface area contributed by atoms with Crippen LogP contribution in [0, 0.1) is 0 Å². The van der Waals surface area contributed by atoms with Crippen molar-refractivity contribution in [2.24, 2.45) is 7.05 Å². The van der Waals surface area contributed by atoms with E-state index >= 15 is 0 Å². The van der Waals surface area contributed by atoms with Gasteiger partial charge in [-0.05, 0) is 29.7 Å². The molecular weight excluding hydrogens is 431 g/mol. The Kier molecular flexibility index (Phi) is 6.31. The van der Waals surface area contributed by atoms with E-state index in [0.29, 0.717) is 12.1 Å². The molecule has 7 nitrogen and oxygen atoms in total. The predicted octanol–water partition coefficient (Wildman–Crippen LogP) is 3.55. The monoisotopic (exact) mass is 458 g/mol. The maximum absolute atomic E-state index is 13.1. The summed E-state index contributed by atoms with van der Waals surface area (Å²) in [4.78, 5) is 30.5. The molecule has 1 aliphatic heterocycles. The molecule has 0 radical (unpaired) electrons. The number of aryl methyl sites for hydroxylation is 1. The fourth-order valence-corrected chi connectivity index (χ4v) is 4.43. The maximum Gasteiger partial charge on any atom is 0.169 e. The van der Waals surface area contributed by atoms with E-state index in [4.69, 9.17) is 0 Å². The van der Waals surface area contributed by atoms with E-state index in [1.165, 1.54) is 0 Å². The van der Waals surface area contributed by atoms with Crippen LogP contribution < -0.4 is 4.90 Å². The summed E-state index contributed by atoms with van der Waals surface area (Å²) in [5.74, 6) is 0.799. The summed E-state index contributed by atoms with van der Waals surface area (Å²) in [7, 11) is 1.97. The second-order valence-electron chi connectivity index (χ2n) is 8.65. The molecule has 1 aromatic carbocycles. The lowest BCUT2D eigenvalue weighted by Crippen LogP contribution is -2.47. The number of aromatic nitrogens is 4. The molecule has 0 N–H and O–H groups in total. The Morgan fingerprint density at radius 3 is 2.62 bits per heavy atom. The number of nitrogens with zero attached hydrogens (tertiary/aromatic N) is 6. The summed E-state index contributed by atoms with van der Waals surface area (Å²) in [5.41, 5.74) is 3.46. The van der Waals surface area contributed by atoms with Crippen molar-refractivity contribution in [2.75, 3.05) is 44.3 Å². The number of benzene rings is 1. The standard InChI is InChI=1S/C26H27FN6O/c1-31-18-28-17-24(31)19-2-3-21-16-30-23(13-22(21)12-19)15-25(34)20-4-6-29-26(14-20)33-10-8-32(7-5-27)9-11-33/h2-4,6,12-14,16-18H,5,7-11,15H2,1H3. The number of fused-ring (bicyclic) bond motifs is 1. The van der Waals surface area contributed by atoms with E-state index in [1.807, 2.05) is 42.2 Å². The Labute approximate surface area is 197 Å². The molecule has 1 saturated heterocycles. The molecule has 0 bridgehead atoms. The third-order valence-corrected chi connectivity index (χ3v) is 6.40. The van der Waals surface area contributed by atoms with Crippen LogP contribution in [0.15, 0.2) is 61.3 Å². The molecule has 0 saturated carbocycles. The number of rotatable bonds is 7. The quantitative estimate of drug-likeness (QED) is 0.395. The van der Waals surface area contributed by atoms with Crippen molar-refractivity contribution in [2.45, 2.75) is 6.42 Å². The molecule has 1 fully saturated rings. The number of imidazole rings is 1. The van der Waals surface area contributed by atoms with Gasteiger partial charge in [-0.15, -0.1) is 0 Å². The SMILES string of the molecule is Cn1cncc1-c1ccc2cnc(CC(=O)c3ccnc(N4CCN(CCF)CC4)c3)cc2c1. The Hall–Kier alpha value is -3.65. The summed E-state index contributed by atoms with van der Waals surface area (Å²) in [6.45, 7) is 3.29. The lowest BCUT2D eigenvalue weighted by molar-refractivity contribution is 0.0992. The van der Waals surface area contributed by atoms with Gasteiger partial charge in [0.25, 0.3) is 0 Å². The first-order chi connectivity index (χ1) is 16.6. The van der Waals surface area contributed by atoms with Gasteiger partial charge in [0, 0.05) is 74.4 Å². The average Bonchev–Trinajstić information content (AvgIpc) is 3.30. The number of carbonyl (C=O) groups excluding carboxylic acids is 1. The maximum atomic E-state index is 13.1. The molecule has 0 amide bonds. The zero-order valence-corrected chi connectivity index (χ0v) is 19.2. The van der Waals surface area contributed by atoms with E-state index in [1.54, 1.807) is 18.6 Å². The molecule has 1 aliphatic rings. The number of alkyl halides is 1. The van der Waals surface area contributed by atoms with Gasteiger partial charge >= 0.3 is 0 Å². The smallest absolute Gasteiger partial charge is 0.169 e. The predicted molar refractivity (Wildman–Crippen MR) is 131 cm³/mol. The van der Waals surface area contributed by atoms with Gasteiger partial charge in [0.05, 0.1) is 24.6 Å². The fraction of sp³-hybridized carbons (Fsp3) is 0.308. The van der Waals surface area contributed by atoms with Gasteiger partial charge in [0.2, 0.25) is 0 Å². The van der Waals surface area contributed by atoms with Crippen LogP contribution in [0.2, 0.25) is 0 Å². The number of hydrogen-bond donors (Lipinski definition) is 0. The number of ketones is 1. The van der Waals surface area contributed by atoms with Crippen LogP contribution in [0.3, 0.4) is 0 Å². The Morgan fingerprint density at radius 2 is 1.85 bits per heavy atom. The highest BCUT2D eigenvalue weighted by Gasteiger charge is 2.19. The molecule has 8 heteroatoms. The number of hydrogen-bond acceptors (Lipinski definition) is 6. The molecule has 4 aromatic rings. The number of Topliss-reactive ketones (excluding diaryl/α,β-unsaturated/α-hetero) is 1. The third kappa shape index (κ3) is 4.68. The molecule has 5 rings (SSSR count). The second kappa shape index (κ2) is 9.69. The van der Waals surface area contributed by atoms with Crippen LogP contribution in [-0.4, -0.2) is 69.6 Å². The normalized spacial score (nSPS) is 14.6. The van der Waals surface area contributed by atoms with Gasteiger partial charge in [-0.25, -0.2) is 14.4 Å². The average molecular weight is 459 g/mol. The fourth-order valence-electron chi connectivity index (χ4n) is 4.43. The van der Waals surface area contributed by atoms with Gasteiger partial charge in [-0.3, -0.25) is 14.7 Å². The number of halogens is 1. The first-order valence-electron chi connectivity index (χ1n) is 11.5. The highest BCUT2D eigenvalue weighted by atomic mass is 19.1. The summed E-state index contributed by atoms with van der Waals surface area (Å²) >= 11 is 0. The van der Waals surface area contributed by atoms with Gasteiger partial charge in [0.1, 0.15) is 12.5 Å². The highest BCUT2D eigenvalue weighted by molar-refractivity contribution is 5.98. The van der Waals surface area contributed by atoms with Gasteiger partial charge in [0.15, 0.2) is 5.78 Å². The minimum atomic E-state index is -0.324. The first kappa shape index (κ1) is 22.2. The number of piperazine rings is 1. The van der Waals surface area contributed by atoms with E-state index in [0.717, 1.165) is 59.7 Å². The Morgan fingerprint density at radius 1 is 1.00 bits per heavy atom. The zero-order valence-electron chi connectivity index (χ0n) is 19.2. The van der Waals surface area contributed by atoms with Crippen LogP contribution in [-0.2, 0) is 13.5 Å². The van der Waals surface area contributed by atoms with Crippen molar-refractivity contribution in [1.29, 1.82) is 0 Å². The highest BCUT2D eigenvalue weighted by Crippen LogP contribution is 2.24. The van der Waals surface area contributed by atoms with Crippen LogP contribution in [0.4, 0.5) is 10.2 Å². The van der Waals surface area contributed by atoms with Crippen molar-refractivity contribution in [3.8, 4) is 11.3 Å². The molecule has 174 valence electrons. The first-order valence-corrected chi connectivity index (χ1v) is 11.5. The molecule has 3 aromatic heterocycles. The molecule has 0 unspecified atom stereocenters. The molecular formula is C26H27FN6O. The lowest BCUT2D eigenvalue weighted by atomic mass is 10.0. The summed E-state index contributed by atoms with van der Waals surface area (Å²) < 4.78 is 14.6. The Bertz CT molecular complexity index is 1310. The van der Waals surface area contributed by atoms with Crippen LogP contribution >= 0.6 is 0 Å². The zero-order chi connectivity index (χ0) is 23.5. The van der Waals surface area contributed by atoms with Crippen molar-refractivity contribution in [3.05, 3.63) is 72.6 Å². The summed E-state index contributed by atoms with van der Waals surface area (Å²) in [5, 5.41) is 2.07. The topological polar surface area (TPSA) is 67.2 Å². The molecule has 4 heterocycles. The summed E-state index contributed by atoms with van der Waals surface area (Å²) in [6, 6.07) is 11.8. The third-order valence-electron chi connectivity index (χ3n) is 6.40. The molecule has 0 spiro atoms. The van der Waals surface area contributed by atoms with E-state index < -0.39 is 0 Å². The van der Waals surface area contributed by atoms with Gasteiger partial charge < -0.3 is 9.47 Å². The van der Waals surface area contributed by atoms with Crippen LogP contribution in [0.1, 0.15) is 16.1 Å². The molecule has 0 atom stereocenters. The molecule has 0 aliphatic carbocycles. The largest absolute Gasteiger partial charge is 0.354 e. The Balaban J connectivity index is 1.31. The number of carbonyl (C=O) groups is 1. The van der Waals surface area contributed by atoms with Crippen molar-refractivity contribution < 1.29 is 9.18 Å². The van der Waals surface area contributed by atoms with Crippen LogP contribution in [0.5, 0.6) is 0 Å². The van der Waals surface area contributed by atoms with Gasteiger partial charge in [-0.2, -0.15) is 0 Å².